The zero-order valence-electron chi connectivity index (χ0n) is 39.3. The highest BCUT2D eigenvalue weighted by atomic mass is 16.6. The van der Waals surface area contributed by atoms with Gasteiger partial charge in [0, 0.05) is 11.3 Å². The predicted molar refractivity (Wildman–Crippen MR) is 238 cm³/mol. The zero-order chi connectivity index (χ0) is 41.6. The maximum absolute atomic E-state index is 13.4. The van der Waals surface area contributed by atoms with E-state index >= 15 is 0 Å². The normalized spacial score (nSPS) is 49.9. The maximum Gasteiger partial charge on any atom is 0.159 e. The maximum atomic E-state index is 13.4. The topological polar surface area (TPSA) is 70.1 Å². The van der Waals surface area contributed by atoms with Crippen LogP contribution in [0.5, 0.6) is 0 Å². The summed E-state index contributed by atoms with van der Waals surface area (Å²) >= 11 is 0. The van der Waals surface area contributed by atoms with Crippen LogP contribution in [0, 0.1) is 92.7 Å². The van der Waals surface area contributed by atoms with Gasteiger partial charge in [-0.1, -0.05) is 113 Å². The molecular weight excluding hydrogens is 713 g/mol. The molecular formula is C54H90O4. The molecule has 2 N–H and O–H groups in total. The van der Waals surface area contributed by atoms with Gasteiger partial charge in [0.25, 0.3) is 0 Å². The number of fused-ring (bicyclic) bond motifs is 9. The molecule has 4 heteroatoms. The Hall–Kier alpha value is -0.710. The molecule has 4 nitrogen and oxygen atoms in total. The average molecular weight is 803 g/mol. The summed E-state index contributed by atoms with van der Waals surface area (Å²) in [6.07, 6.45) is 28.4. The van der Waals surface area contributed by atoms with E-state index < -0.39 is 0 Å². The minimum Gasteiger partial charge on any atom is -0.393 e. The van der Waals surface area contributed by atoms with Crippen LogP contribution in [0.4, 0.5) is 0 Å². The molecule has 1 unspecified atom stereocenters. The lowest BCUT2D eigenvalue weighted by Crippen LogP contribution is -2.62. The number of rotatable bonds is 10. The number of allylic oxidation sites excluding steroid dienone is 1. The summed E-state index contributed by atoms with van der Waals surface area (Å²) in [5.41, 5.74) is 2.36. The molecule has 330 valence electrons. The van der Waals surface area contributed by atoms with Crippen molar-refractivity contribution in [2.24, 2.45) is 92.7 Å². The van der Waals surface area contributed by atoms with Gasteiger partial charge < -0.3 is 14.9 Å². The standard InChI is InChI=1S/C27H46O2.C27H44O2/c1-17(2)8-6-9-18(3)20-11-12-21-19-16-24-27(29-24)14-7-10-23(28)26(27,5)22(19)13-15-25(20,21)4;1-17(2)7-6-8-18(3)21-9-10-22-25-23(12-14-27(21,22)5)26(4)13-11-20(28)15-19(26)16-24(25)29/h17-24,28H,6-16H2,1-5H3;16-18,20-23,25,28H,6-15H2,1-5H3/t18-,19+,20-,21+,22+,23?,24+,25-,26+,27+;18-,20+,21-,22+,23+,25+,26+,27-/m11/s1. The van der Waals surface area contributed by atoms with E-state index in [1.807, 2.05) is 6.08 Å². The summed E-state index contributed by atoms with van der Waals surface area (Å²) < 4.78 is 6.51. The third kappa shape index (κ3) is 7.03. The Labute approximate surface area is 356 Å². The molecule has 18 atom stereocenters. The first-order valence-corrected chi connectivity index (χ1v) is 25.7. The number of aliphatic hydroxyl groups is 2. The second-order valence-electron chi connectivity index (χ2n) is 25.0. The minimum atomic E-state index is -0.241. The molecule has 1 saturated heterocycles. The molecule has 0 aromatic rings. The van der Waals surface area contributed by atoms with E-state index in [4.69, 9.17) is 4.74 Å². The molecule has 1 aliphatic heterocycles. The van der Waals surface area contributed by atoms with Gasteiger partial charge in [-0.05, 0) is 184 Å². The third-order valence-corrected chi connectivity index (χ3v) is 21.5. The molecule has 0 bridgehead atoms. The fourth-order valence-corrected chi connectivity index (χ4v) is 18.2. The Balaban J connectivity index is 0.000000162. The van der Waals surface area contributed by atoms with Crippen molar-refractivity contribution < 1.29 is 19.7 Å². The molecule has 1 spiro atoms. The summed E-state index contributed by atoms with van der Waals surface area (Å²) in [5.74, 6) is 9.08. The van der Waals surface area contributed by atoms with Crippen molar-refractivity contribution in [1.29, 1.82) is 0 Å². The first-order valence-electron chi connectivity index (χ1n) is 25.7. The molecule has 8 fully saturated rings. The van der Waals surface area contributed by atoms with Gasteiger partial charge in [-0.25, -0.2) is 0 Å². The van der Waals surface area contributed by atoms with Gasteiger partial charge in [0.1, 0.15) is 5.60 Å². The van der Waals surface area contributed by atoms with E-state index in [2.05, 4.69) is 69.2 Å². The van der Waals surface area contributed by atoms with Crippen molar-refractivity contribution >= 4 is 5.78 Å². The molecule has 1 heterocycles. The van der Waals surface area contributed by atoms with Crippen LogP contribution in [-0.2, 0) is 9.53 Å². The molecule has 0 radical (unpaired) electrons. The highest BCUT2D eigenvalue weighted by Crippen LogP contribution is 2.74. The monoisotopic (exact) mass is 803 g/mol. The number of hydrogen-bond donors (Lipinski definition) is 2. The first-order chi connectivity index (χ1) is 27.4. The average Bonchev–Trinajstić information content (AvgIpc) is 3.57. The third-order valence-electron chi connectivity index (χ3n) is 21.5. The quantitative estimate of drug-likeness (QED) is 0.216. The molecule has 0 aromatic carbocycles. The Morgan fingerprint density at radius 3 is 1.88 bits per heavy atom. The van der Waals surface area contributed by atoms with Crippen molar-refractivity contribution in [1.82, 2.24) is 0 Å². The lowest BCUT2D eigenvalue weighted by atomic mass is 9.43. The van der Waals surface area contributed by atoms with Crippen LogP contribution >= 0.6 is 0 Å². The van der Waals surface area contributed by atoms with E-state index in [1.165, 1.54) is 108 Å². The van der Waals surface area contributed by atoms with Crippen molar-refractivity contribution in [3.63, 3.8) is 0 Å². The highest BCUT2D eigenvalue weighted by molar-refractivity contribution is 5.94. The zero-order valence-corrected chi connectivity index (χ0v) is 39.3. The molecule has 7 saturated carbocycles. The van der Waals surface area contributed by atoms with E-state index in [9.17, 15) is 15.0 Å². The predicted octanol–water partition coefficient (Wildman–Crippen LogP) is 13.2. The summed E-state index contributed by atoms with van der Waals surface area (Å²) in [7, 11) is 0. The Bertz CT molecular complexity index is 1520. The number of ketones is 1. The summed E-state index contributed by atoms with van der Waals surface area (Å²) in [4.78, 5) is 13.4. The fourth-order valence-electron chi connectivity index (χ4n) is 18.2. The van der Waals surface area contributed by atoms with E-state index in [1.54, 1.807) is 0 Å². The molecule has 8 aliphatic carbocycles. The van der Waals surface area contributed by atoms with Crippen molar-refractivity contribution in [3.05, 3.63) is 11.6 Å². The van der Waals surface area contributed by atoms with Crippen LogP contribution < -0.4 is 0 Å². The Kier molecular flexibility index (Phi) is 12.2. The number of aliphatic hydroxyl groups excluding tert-OH is 2. The Morgan fingerprint density at radius 1 is 0.672 bits per heavy atom. The van der Waals surface area contributed by atoms with E-state index in [0.29, 0.717) is 40.5 Å². The largest absolute Gasteiger partial charge is 0.393 e. The van der Waals surface area contributed by atoms with Crippen molar-refractivity contribution in [3.8, 4) is 0 Å². The second kappa shape index (κ2) is 16.1. The van der Waals surface area contributed by atoms with Crippen LogP contribution in [0.25, 0.3) is 0 Å². The summed E-state index contributed by atoms with van der Waals surface area (Å²) in [6, 6.07) is 0. The van der Waals surface area contributed by atoms with Gasteiger partial charge in [-0.3, -0.25) is 4.79 Å². The van der Waals surface area contributed by atoms with Gasteiger partial charge >= 0.3 is 0 Å². The van der Waals surface area contributed by atoms with Gasteiger partial charge in [0.05, 0.1) is 18.3 Å². The van der Waals surface area contributed by atoms with Crippen LogP contribution in [-0.4, -0.2) is 39.9 Å². The van der Waals surface area contributed by atoms with E-state index in [0.717, 1.165) is 79.4 Å². The Morgan fingerprint density at radius 2 is 1.26 bits per heavy atom. The van der Waals surface area contributed by atoms with E-state index in [-0.39, 0.29) is 34.6 Å². The second-order valence-corrected chi connectivity index (χ2v) is 25.0. The highest BCUT2D eigenvalue weighted by Gasteiger charge is 2.77. The fraction of sp³-hybridized carbons (Fsp3) is 0.944. The molecule has 0 amide bonds. The summed E-state index contributed by atoms with van der Waals surface area (Å²) in [5, 5.41) is 21.4. The SMILES string of the molecule is CC(C)CCC[C@@H](C)[C@H]1CC[C@H]2[C@@H]3C(=O)C=C4C[C@@H](O)CC[C@]4(C)[C@H]3CC[C@]12C.CC(C)CCC[C@@H](C)[C@H]1CC[C@H]2[C@@H]3C[C@@H]4O[C@@]45CCCC(O)[C@]5(C)[C@H]3CC[C@]12C. The van der Waals surface area contributed by atoms with Crippen molar-refractivity contribution in [2.45, 2.75) is 228 Å². The van der Waals surface area contributed by atoms with Crippen molar-refractivity contribution in [2.75, 3.05) is 0 Å². The number of ether oxygens (including phenoxy) is 1. The van der Waals surface area contributed by atoms with Crippen LogP contribution in [0.3, 0.4) is 0 Å². The molecule has 9 rings (SSSR count). The summed E-state index contributed by atoms with van der Waals surface area (Å²) in [6.45, 7) is 24.5. The number of carbonyl (C=O) groups is 1. The van der Waals surface area contributed by atoms with Gasteiger partial charge in [-0.2, -0.15) is 0 Å². The van der Waals surface area contributed by atoms with Crippen LogP contribution in [0.2, 0.25) is 0 Å². The van der Waals surface area contributed by atoms with Crippen LogP contribution in [0.15, 0.2) is 11.6 Å². The number of carbonyl (C=O) groups excluding carboxylic acids is 1. The van der Waals surface area contributed by atoms with Gasteiger partial charge in [0.15, 0.2) is 5.78 Å². The number of hydrogen-bond acceptors (Lipinski definition) is 4. The molecule has 58 heavy (non-hydrogen) atoms. The molecule has 0 aromatic heterocycles. The molecule has 9 aliphatic rings. The lowest BCUT2D eigenvalue weighted by molar-refractivity contribution is -0.154. The first kappa shape index (κ1) is 43.9. The van der Waals surface area contributed by atoms with Crippen LogP contribution in [0.1, 0.15) is 204 Å². The smallest absolute Gasteiger partial charge is 0.159 e. The van der Waals surface area contributed by atoms with Gasteiger partial charge in [-0.15, -0.1) is 0 Å². The number of epoxide rings is 1. The minimum absolute atomic E-state index is 0.0150. The van der Waals surface area contributed by atoms with Gasteiger partial charge in [0.2, 0.25) is 0 Å². The lowest BCUT2D eigenvalue weighted by Gasteiger charge is -2.60.